The molecule has 0 aromatic carbocycles. The van der Waals surface area contributed by atoms with Gasteiger partial charge in [-0.2, -0.15) is 0 Å². The average Bonchev–Trinajstić information content (AvgIpc) is 3.34. The molecule has 1 amide bonds. The summed E-state index contributed by atoms with van der Waals surface area (Å²) in [6, 6.07) is 0.529. The van der Waals surface area contributed by atoms with Gasteiger partial charge in [0.2, 0.25) is 5.91 Å². The monoisotopic (exact) mass is 504 g/mol. The lowest BCUT2D eigenvalue weighted by atomic mass is 9.54. The molecule has 4 fully saturated rings. The summed E-state index contributed by atoms with van der Waals surface area (Å²) in [6.07, 6.45) is 9.78. The maximum atomic E-state index is 11.7. The van der Waals surface area contributed by atoms with Gasteiger partial charge in [-0.05, 0) is 44.9 Å². The molecule has 0 bridgehead atoms. The van der Waals surface area contributed by atoms with Crippen molar-refractivity contribution in [2.24, 2.45) is 22.2 Å². The summed E-state index contributed by atoms with van der Waals surface area (Å²) < 4.78 is 6.14. The molecule has 3 unspecified atom stereocenters. The predicted octanol–water partition coefficient (Wildman–Crippen LogP) is 2.77. The molecule has 3 atom stereocenters. The molecule has 0 aromatic heterocycles. The van der Waals surface area contributed by atoms with Crippen molar-refractivity contribution in [1.82, 2.24) is 15.5 Å². The van der Waals surface area contributed by atoms with Crippen LogP contribution in [-0.2, 0) is 9.53 Å². The Labute approximate surface area is 186 Å². The lowest BCUT2D eigenvalue weighted by Crippen LogP contribution is -2.69. The number of amides is 1. The number of halogens is 1. The number of guanidine groups is 1. The largest absolute Gasteiger partial charge is 0.377 e. The zero-order chi connectivity index (χ0) is 18.9. The molecular formula is C21H37IN4O2. The lowest BCUT2D eigenvalue weighted by Gasteiger charge is -2.57. The summed E-state index contributed by atoms with van der Waals surface area (Å²) in [7, 11) is 1.73. The quantitative estimate of drug-likeness (QED) is 0.351. The Morgan fingerprint density at radius 2 is 1.93 bits per heavy atom. The van der Waals surface area contributed by atoms with E-state index < -0.39 is 0 Å². The van der Waals surface area contributed by atoms with Crippen molar-refractivity contribution in [2.45, 2.75) is 70.4 Å². The highest BCUT2D eigenvalue weighted by molar-refractivity contribution is 14.0. The Balaban J connectivity index is 0.00000225. The van der Waals surface area contributed by atoms with Crippen LogP contribution in [0, 0.1) is 17.3 Å². The van der Waals surface area contributed by atoms with Gasteiger partial charge >= 0.3 is 0 Å². The first-order chi connectivity index (χ1) is 13.2. The summed E-state index contributed by atoms with van der Waals surface area (Å²) in [5.74, 6) is 2.42. The highest BCUT2D eigenvalue weighted by atomic mass is 127. The van der Waals surface area contributed by atoms with Crippen LogP contribution in [0.1, 0.15) is 58.3 Å². The van der Waals surface area contributed by atoms with E-state index in [1.54, 1.807) is 7.05 Å². The molecule has 0 aromatic rings. The summed E-state index contributed by atoms with van der Waals surface area (Å²) in [4.78, 5) is 18.9. The highest BCUT2D eigenvalue weighted by Gasteiger charge is 2.65. The van der Waals surface area contributed by atoms with Crippen molar-refractivity contribution < 1.29 is 9.53 Å². The van der Waals surface area contributed by atoms with Crippen molar-refractivity contribution in [3.05, 3.63) is 0 Å². The third-order valence-electron chi connectivity index (χ3n) is 7.55. The van der Waals surface area contributed by atoms with Crippen LogP contribution in [0.3, 0.4) is 0 Å². The Bertz CT molecular complexity index is 571. The van der Waals surface area contributed by atoms with Crippen LogP contribution < -0.4 is 10.6 Å². The molecular weight excluding hydrogens is 467 g/mol. The minimum atomic E-state index is 0. The number of fused-ring (bicyclic) bond motifs is 2. The van der Waals surface area contributed by atoms with Crippen LogP contribution in [0.15, 0.2) is 4.99 Å². The predicted molar refractivity (Wildman–Crippen MR) is 122 cm³/mol. The van der Waals surface area contributed by atoms with Crippen molar-refractivity contribution in [3.63, 3.8) is 0 Å². The van der Waals surface area contributed by atoms with Gasteiger partial charge in [0, 0.05) is 57.1 Å². The Morgan fingerprint density at radius 3 is 2.57 bits per heavy atom. The molecule has 4 rings (SSSR count). The van der Waals surface area contributed by atoms with Gasteiger partial charge in [0.25, 0.3) is 0 Å². The minimum absolute atomic E-state index is 0. The number of likely N-dealkylation sites (tertiary alicyclic amines) is 1. The van der Waals surface area contributed by atoms with E-state index in [1.807, 2.05) is 0 Å². The third kappa shape index (κ3) is 4.02. The molecule has 2 aliphatic heterocycles. The van der Waals surface area contributed by atoms with E-state index in [2.05, 4.69) is 22.5 Å². The number of carbonyl (C=O) groups is 1. The van der Waals surface area contributed by atoms with E-state index in [4.69, 9.17) is 9.73 Å². The number of hydrogen-bond acceptors (Lipinski definition) is 3. The molecule has 6 nitrogen and oxygen atoms in total. The number of ether oxygens (including phenoxy) is 1. The number of hydrogen-bond donors (Lipinski definition) is 2. The minimum Gasteiger partial charge on any atom is -0.377 e. The van der Waals surface area contributed by atoms with Crippen LogP contribution in [0.2, 0.25) is 0 Å². The summed E-state index contributed by atoms with van der Waals surface area (Å²) in [5, 5.41) is 6.67. The SMILES string of the molecule is CCN=C(NC1C2CCOC2C12CCCC2)N1CCC(CC(=O)NC)CC1.I. The second-order valence-corrected chi connectivity index (χ2v) is 8.91. The van der Waals surface area contributed by atoms with Crippen LogP contribution >= 0.6 is 24.0 Å². The molecule has 160 valence electrons. The molecule has 2 aliphatic carbocycles. The van der Waals surface area contributed by atoms with E-state index in [-0.39, 0.29) is 29.9 Å². The van der Waals surface area contributed by atoms with Crippen molar-refractivity contribution in [1.29, 1.82) is 0 Å². The Morgan fingerprint density at radius 1 is 1.21 bits per heavy atom. The Kier molecular flexibility index (Phi) is 7.50. The molecule has 7 heteroatoms. The zero-order valence-corrected chi connectivity index (χ0v) is 19.7. The first-order valence-corrected chi connectivity index (χ1v) is 11.1. The zero-order valence-electron chi connectivity index (χ0n) is 17.4. The molecule has 2 N–H and O–H groups in total. The number of rotatable bonds is 4. The van der Waals surface area contributed by atoms with E-state index in [0.717, 1.165) is 45.0 Å². The smallest absolute Gasteiger partial charge is 0.220 e. The van der Waals surface area contributed by atoms with Gasteiger partial charge in [0.15, 0.2) is 5.96 Å². The topological polar surface area (TPSA) is 66.0 Å². The Hall–Kier alpha value is -0.570. The first-order valence-electron chi connectivity index (χ1n) is 11.1. The maximum Gasteiger partial charge on any atom is 0.220 e. The number of nitrogens with zero attached hydrogens (tertiary/aromatic N) is 2. The summed E-state index contributed by atoms with van der Waals surface area (Å²) in [5.41, 5.74) is 0.354. The second kappa shape index (κ2) is 9.49. The molecule has 28 heavy (non-hydrogen) atoms. The standard InChI is InChI=1S/C21H36N4O2.HI/c1-3-23-20(25-11-6-15(7-12-25)14-17(26)22-2)24-18-16-8-13-27-19(16)21(18)9-4-5-10-21;/h15-16,18-19H,3-14H2,1-2H3,(H,22,26)(H,23,24);1H. The molecule has 1 spiro atoms. The van der Waals surface area contributed by atoms with Crippen molar-refractivity contribution in [3.8, 4) is 0 Å². The van der Waals surface area contributed by atoms with Crippen LogP contribution in [-0.4, -0.2) is 62.2 Å². The van der Waals surface area contributed by atoms with Crippen LogP contribution in [0.4, 0.5) is 0 Å². The molecule has 4 aliphatic rings. The highest BCUT2D eigenvalue weighted by Crippen LogP contribution is 2.60. The van der Waals surface area contributed by atoms with E-state index >= 15 is 0 Å². The molecule has 2 saturated heterocycles. The molecule has 2 heterocycles. The van der Waals surface area contributed by atoms with Gasteiger partial charge in [0.05, 0.1) is 6.10 Å². The van der Waals surface area contributed by atoms with Gasteiger partial charge in [-0.1, -0.05) is 12.8 Å². The second-order valence-electron chi connectivity index (χ2n) is 8.91. The average molecular weight is 504 g/mol. The fourth-order valence-electron chi connectivity index (χ4n) is 6.14. The fraction of sp³-hybridized carbons (Fsp3) is 0.905. The first kappa shape index (κ1) is 22.1. The van der Waals surface area contributed by atoms with Gasteiger partial charge < -0.3 is 20.3 Å². The number of carbonyl (C=O) groups excluding carboxylic acids is 1. The van der Waals surface area contributed by atoms with E-state index in [1.165, 1.54) is 32.1 Å². The van der Waals surface area contributed by atoms with Gasteiger partial charge in [-0.25, -0.2) is 0 Å². The number of aliphatic imine (C=N–C) groups is 1. The fourth-order valence-corrected chi connectivity index (χ4v) is 6.14. The van der Waals surface area contributed by atoms with Crippen LogP contribution in [0.25, 0.3) is 0 Å². The van der Waals surface area contributed by atoms with Crippen molar-refractivity contribution >= 4 is 35.8 Å². The number of nitrogens with one attached hydrogen (secondary N) is 2. The van der Waals surface area contributed by atoms with Gasteiger partial charge in [0.1, 0.15) is 0 Å². The third-order valence-corrected chi connectivity index (χ3v) is 7.55. The lowest BCUT2D eigenvalue weighted by molar-refractivity contribution is -0.125. The summed E-state index contributed by atoms with van der Waals surface area (Å²) >= 11 is 0. The van der Waals surface area contributed by atoms with Crippen LogP contribution in [0.5, 0.6) is 0 Å². The van der Waals surface area contributed by atoms with E-state index in [0.29, 0.717) is 35.8 Å². The van der Waals surface area contributed by atoms with E-state index in [9.17, 15) is 4.79 Å². The van der Waals surface area contributed by atoms with Crippen molar-refractivity contribution in [2.75, 3.05) is 33.3 Å². The van der Waals surface area contributed by atoms with Gasteiger partial charge in [-0.15, -0.1) is 24.0 Å². The molecule has 0 radical (unpaired) electrons. The number of piperidine rings is 1. The summed E-state index contributed by atoms with van der Waals surface area (Å²) in [6.45, 7) is 5.86. The normalized spacial score (nSPS) is 31.9. The molecule has 2 saturated carbocycles. The van der Waals surface area contributed by atoms with Gasteiger partial charge in [-0.3, -0.25) is 9.79 Å². The maximum absolute atomic E-state index is 11.7.